The maximum absolute atomic E-state index is 16.3. The average Bonchev–Trinajstić information content (AvgIpc) is 3.75. The highest BCUT2D eigenvalue weighted by atomic mass is 32.2. The Labute approximate surface area is 315 Å². The Bertz CT molecular complexity index is 2320. The molecule has 1 aliphatic rings. The molecule has 6 rings (SSSR count). The van der Waals surface area contributed by atoms with Crippen LogP contribution in [0.15, 0.2) is 60.9 Å². The topological polar surface area (TPSA) is 146 Å². The lowest BCUT2D eigenvalue weighted by molar-refractivity contribution is -0.145. The number of rotatable bonds is 5. The number of H-pyrrole nitrogens is 1. The number of aromatic amines is 1. The Kier molecular flexibility index (Phi) is 10.8. The predicted molar refractivity (Wildman–Crippen MR) is 204 cm³/mol. The number of methoxy groups -OCH3 is 1. The van der Waals surface area contributed by atoms with Crippen molar-refractivity contribution in [3.8, 4) is 11.5 Å². The summed E-state index contributed by atoms with van der Waals surface area (Å²) in [7, 11) is -0.467. The number of hydrogen-bond donors (Lipinski definition) is 1. The quantitative estimate of drug-likeness (QED) is 0.188. The molecule has 2 aromatic carbocycles. The van der Waals surface area contributed by atoms with Crippen LogP contribution in [0.4, 0.5) is 4.39 Å². The van der Waals surface area contributed by atoms with Gasteiger partial charge in [-0.3, -0.25) is 14.6 Å². The molecule has 54 heavy (non-hydrogen) atoms. The molecule has 1 N–H and O–H groups in total. The second kappa shape index (κ2) is 15.1. The summed E-state index contributed by atoms with van der Waals surface area (Å²) in [5.74, 6) is -1.16. The van der Waals surface area contributed by atoms with E-state index in [0.29, 0.717) is 65.1 Å². The minimum Gasteiger partial charge on any atom is -0.469 e. The zero-order valence-corrected chi connectivity index (χ0v) is 32.7. The van der Waals surface area contributed by atoms with Crippen LogP contribution in [0.1, 0.15) is 93.6 Å². The van der Waals surface area contributed by atoms with Crippen molar-refractivity contribution in [3.63, 3.8) is 0 Å². The number of hydrogen-bond acceptors (Lipinski definition) is 9. The number of nitrogens with zero attached hydrogens (tertiary/aromatic N) is 4. The summed E-state index contributed by atoms with van der Waals surface area (Å²) in [5, 5.41) is 5.59. The first-order valence-electron chi connectivity index (χ1n) is 18.2. The standard InChI is InChI=1S/C41H48FN5O6S/c1-25(38(49)52-7)20-27-10-8-11-29(21-27)41(5)16-9-15-40(3,4)24-54(50,51)19-14-31-30-13-18-43-33(30)23-32(42)35(31)36(53-26(2)48)28-12-17-44-34(22-28)37-45-39(41)46-47(37)6/h8,10-13,17-18,21-23,25,36,43H,9,14-16,19-20,24H2,1-7H3/t25-,36?,41+/m0/s1. The molecule has 286 valence electrons. The van der Waals surface area contributed by atoms with Crippen molar-refractivity contribution in [2.75, 3.05) is 18.6 Å². The number of esters is 2. The Morgan fingerprint density at radius 1 is 1.11 bits per heavy atom. The van der Waals surface area contributed by atoms with Gasteiger partial charge in [-0.2, -0.15) is 5.10 Å². The third-order valence-electron chi connectivity index (χ3n) is 10.6. The van der Waals surface area contributed by atoms with Crippen LogP contribution in [0.5, 0.6) is 0 Å². The van der Waals surface area contributed by atoms with Crippen LogP contribution in [0, 0.1) is 17.2 Å². The number of fused-ring (bicyclic) bond motifs is 8. The average molecular weight is 758 g/mol. The van der Waals surface area contributed by atoms with Crippen molar-refractivity contribution in [1.29, 1.82) is 0 Å². The van der Waals surface area contributed by atoms with Crippen LogP contribution >= 0.6 is 0 Å². The van der Waals surface area contributed by atoms with Gasteiger partial charge in [0, 0.05) is 48.4 Å². The van der Waals surface area contributed by atoms with Gasteiger partial charge in [0.25, 0.3) is 0 Å². The first-order chi connectivity index (χ1) is 25.5. The van der Waals surface area contributed by atoms with E-state index < -0.39 is 38.6 Å². The molecular weight excluding hydrogens is 710 g/mol. The van der Waals surface area contributed by atoms with Gasteiger partial charge in [-0.15, -0.1) is 0 Å². The number of ether oxygens (including phenoxy) is 2. The molecule has 0 fully saturated rings. The molecule has 1 unspecified atom stereocenters. The smallest absolute Gasteiger partial charge is 0.308 e. The number of aromatic nitrogens is 5. The summed E-state index contributed by atoms with van der Waals surface area (Å²) in [6.07, 6.45) is 4.42. The number of carbonyl (C=O) groups is 2. The Morgan fingerprint density at radius 2 is 1.89 bits per heavy atom. The largest absolute Gasteiger partial charge is 0.469 e. The third-order valence-corrected chi connectivity index (χ3v) is 12.6. The molecule has 3 aromatic heterocycles. The van der Waals surface area contributed by atoms with Crippen LogP contribution < -0.4 is 0 Å². The highest BCUT2D eigenvalue weighted by molar-refractivity contribution is 7.91. The Balaban J connectivity index is 1.53. The van der Waals surface area contributed by atoms with Gasteiger partial charge >= 0.3 is 11.9 Å². The minimum atomic E-state index is -3.63. The summed E-state index contributed by atoms with van der Waals surface area (Å²) < 4.78 is 56.5. The number of aryl methyl sites for hydroxylation is 2. The number of sulfone groups is 1. The van der Waals surface area contributed by atoms with Gasteiger partial charge in [0.2, 0.25) is 0 Å². The Morgan fingerprint density at radius 3 is 2.63 bits per heavy atom. The maximum atomic E-state index is 16.3. The van der Waals surface area contributed by atoms with E-state index >= 15 is 4.39 Å². The van der Waals surface area contributed by atoms with E-state index in [-0.39, 0.29) is 35.4 Å². The van der Waals surface area contributed by atoms with Crippen molar-refractivity contribution in [2.45, 2.75) is 78.2 Å². The molecule has 0 radical (unpaired) electrons. The van der Waals surface area contributed by atoms with Gasteiger partial charge in [-0.1, -0.05) is 51.5 Å². The number of nitrogens with one attached hydrogen (secondary N) is 1. The normalized spacial score (nSPS) is 20.6. The second-order valence-electron chi connectivity index (χ2n) is 15.6. The van der Waals surface area contributed by atoms with Gasteiger partial charge in [-0.05, 0) is 79.0 Å². The van der Waals surface area contributed by atoms with Crippen molar-refractivity contribution in [2.24, 2.45) is 18.4 Å². The SMILES string of the molecule is COC(=O)[C@@H](C)Cc1cccc([C@@]2(C)CCCC(C)(C)CS(=O)(=O)CCc3c(c(F)cc4[nH]ccc34)C(OC(C)=O)c3ccnc(c3)-c3nc2nn3C)c1. The lowest BCUT2D eigenvalue weighted by Crippen LogP contribution is -2.29. The fraction of sp³-hybridized carbons (Fsp3) is 0.439. The number of carbonyl (C=O) groups excluding carboxylic acids is 2. The number of benzene rings is 2. The summed E-state index contributed by atoms with van der Waals surface area (Å²) in [6.45, 7) is 9.09. The van der Waals surface area contributed by atoms with Crippen molar-refractivity contribution >= 4 is 32.7 Å². The molecule has 0 spiro atoms. The van der Waals surface area contributed by atoms with Crippen LogP contribution in [0.25, 0.3) is 22.4 Å². The van der Waals surface area contributed by atoms with E-state index in [1.54, 1.807) is 42.3 Å². The van der Waals surface area contributed by atoms with E-state index in [9.17, 15) is 18.0 Å². The summed E-state index contributed by atoms with van der Waals surface area (Å²) in [5.41, 5.74) is 2.55. The third kappa shape index (κ3) is 8.11. The van der Waals surface area contributed by atoms with Crippen LogP contribution in [-0.4, -0.2) is 63.7 Å². The molecule has 1 aliphatic heterocycles. The first-order valence-corrected chi connectivity index (χ1v) is 20.0. The molecule has 3 atom stereocenters. The fourth-order valence-electron chi connectivity index (χ4n) is 7.83. The van der Waals surface area contributed by atoms with E-state index in [4.69, 9.17) is 19.6 Å². The Hall–Kier alpha value is -4.91. The van der Waals surface area contributed by atoms with Gasteiger partial charge in [0.1, 0.15) is 11.5 Å². The zero-order valence-electron chi connectivity index (χ0n) is 31.9. The molecule has 0 amide bonds. The molecule has 0 aliphatic carbocycles. The molecule has 5 aromatic rings. The molecule has 13 heteroatoms. The van der Waals surface area contributed by atoms with E-state index in [1.807, 2.05) is 39.0 Å². The lowest BCUT2D eigenvalue weighted by atomic mass is 9.75. The molecule has 11 nitrogen and oxygen atoms in total. The molecular formula is C41H48FN5O6S. The monoisotopic (exact) mass is 757 g/mol. The number of halogens is 1. The second-order valence-corrected chi connectivity index (χ2v) is 17.7. The van der Waals surface area contributed by atoms with Gasteiger partial charge < -0.3 is 14.5 Å². The molecule has 4 heterocycles. The van der Waals surface area contributed by atoms with Crippen LogP contribution in [-0.2, 0) is 54.2 Å². The highest BCUT2D eigenvalue weighted by Gasteiger charge is 2.37. The highest BCUT2D eigenvalue weighted by Crippen LogP contribution is 2.40. The van der Waals surface area contributed by atoms with Gasteiger partial charge in [0.05, 0.1) is 29.9 Å². The molecule has 0 saturated carbocycles. The number of pyridine rings is 1. The van der Waals surface area contributed by atoms with E-state index in [0.717, 1.165) is 11.1 Å². The molecule has 0 saturated heterocycles. The van der Waals surface area contributed by atoms with Crippen LogP contribution in [0.2, 0.25) is 0 Å². The summed E-state index contributed by atoms with van der Waals surface area (Å²) in [6, 6.07) is 14.5. The maximum Gasteiger partial charge on any atom is 0.308 e. The van der Waals surface area contributed by atoms with Gasteiger partial charge in [-0.25, -0.2) is 22.5 Å². The summed E-state index contributed by atoms with van der Waals surface area (Å²) in [4.78, 5) is 37.6. The predicted octanol–water partition coefficient (Wildman–Crippen LogP) is 6.98. The van der Waals surface area contributed by atoms with Crippen molar-refractivity contribution in [1.82, 2.24) is 24.7 Å². The zero-order chi connectivity index (χ0) is 39.0. The van der Waals surface area contributed by atoms with E-state index in [2.05, 4.69) is 23.0 Å². The lowest BCUT2D eigenvalue weighted by Gasteiger charge is -2.31. The first kappa shape index (κ1) is 38.8. The van der Waals surface area contributed by atoms with E-state index in [1.165, 1.54) is 20.1 Å². The van der Waals surface area contributed by atoms with Gasteiger partial charge in [0.15, 0.2) is 27.6 Å². The van der Waals surface area contributed by atoms with Crippen LogP contribution in [0.3, 0.4) is 0 Å². The van der Waals surface area contributed by atoms with Crippen molar-refractivity contribution in [3.05, 3.63) is 100 Å². The van der Waals surface area contributed by atoms with Crippen molar-refractivity contribution < 1.29 is 31.9 Å². The molecule has 4 bridgehead atoms. The fourth-order valence-corrected chi connectivity index (χ4v) is 9.82. The summed E-state index contributed by atoms with van der Waals surface area (Å²) >= 11 is 0. The minimum absolute atomic E-state index is 0.0191.